The van der Waals surface area contributed by atoms with Crippen LogP contribution in [0.3, 0.4) is 0 Å². The Balaban J connectivity index is 1.48. The van der Waals surface area contributed by atoms with Crippen LogP contribution in [0, 0.1) is 0 Å². The van der Waals surface area contributed by atoms with Gasteiger partial charge in [-0.25, -0.2) is 4.68 Å². The smallest absolute Gasteiger partial charge is 0.303 e. The number of anilines is 1. The Morgan fingerprint density at radius 3 is 2.55 bits per heavy atom. The van der Waals surface area contributed by atoms with E-state index in [0.717, 1.165) is 21.7 Å². The lowest BCUT2D eigenvalue weighted by molar-refractivity contribution is -0.892. The van der Waals surface area contributed by atoms with Crippen LogP contribution in [-0.2, 0) is 11.3 Å². The van der Waals surface area contributed by atoms with E-state index in [4.69, 9.17) is 0 Å². The molecule has 0 aliphatic carbocycles. The molecule has 148 valence electrons. The molecule has 0 saturated carbocycles. The van der Waals surface area contributed by atoms with E-state index in [2.05, 4.69) is 18.9 Å². The molecule has 0 fully saturated rings. The fraction of sp³-hybridized carbons (Fsp3) is 0.261. The molecule has 1 aliphatic heterocycles. The Morgan fingerprint density at radius 1 is 1.07 bits per heavy atom. The van der Waals surface area contributed by atoms with Crippen LogP contribution in [0.15, 0.2) is 60.9 Å². The maximum absolute atomic E-state index is 12.6. The minimum atomic E-state index is -0.444. The largest absolute Gasteiger partial charge is 0.316 e. The highest BCUT2D eigenvalue weighted by atomic mass is 16.2. The van der Waals surface area contributed by atoms with Gasteiger partial charge in [-0.1, -0.05) is 38.1 Å². The third-order valence-electron chi connectivity index (χ3n) is 5.25. The number of quaternary nitrogens is 1. The molecule has 2 heterocycles. The summed E-state index contributed by atoms with van der Waals surface area (Å²) >= 11 is 0. The molecule has 6 nitrogen and oxygen atoms in total. The SMILES string of the molecule is CC(C)c1ccc2c(c1)C(=O)C(=O)N2C[NH+](C)Cc1cnn(-c2ccccc2)c1. The fourth-order valence-electron chi connectivity index (χ4n) is 3.68. The van der Waals surface area contributed by atoms with Gasteiger partial charge < -0.3 is 4.90 Å². The van der Waals surface area contributed by atoms with E-state index in [1.54, 1.807) is 4.90 Å². The number of carbonyl (C=O) groups excluding carboxylic acids is 2. The Kier molecular flexibility index (Phi) is 5.03. The first-order valence-corrected chi connectivity index (χ1v) is 9.84. The van der Waals surface area contributed by atoms with Gasteiger partial charge in [0.05, 0.1) is 30.2 Å². The van der Waals surface area contributed by atoms with Crippen molar-refractivity contribution in [3.63, 3.8) is 0 Å². The molecule has 1 unspecified atom stereocenters. The predicted molar refractivity (Wildman–Crippen MR) is 111 cm³/mol. The van der Waals surface area contributed by atoms with Gasteiger partial charge in [-0.15, -0.1) is 0 Å². The van der Waals surface area contributed by atoms with E-state index in [-0.39, 0.29) is 0 Å². The fourth-order valence-corrected chi connectivity index (χ4v) is 3.68. The normalized spacial score (nSPS) is 14.6. The number of para-hydroxylation sites is 1. The van der Waals surface area contributed by atoms with E-state index < -0.39 is 11.7 Å². The maximum atomic E-state index is 12.6. The number of aromatic nitrogens is 2. The number of benzene rings is 2. The van der Waals surface area contributed by atoms with Gasteiger partial charge in [0.15, 0.2) is 6.67 Å². The van der Waals surface area contributed by atoms with Crippen molar-refractivity contribution in [3.05, 3.63) is 77.6 Å². The molecule has 1 atom stereocenters. The van der Waals surface area contributed by atoms with E-state index >= 15 is 0 Å². The van der Waals surface area contributed by atoms with Crippen LogP contribution in [0.5, 0.6) is 0 Å². The molecule has 0 bridgehead atoms. The van der Waals surface area contributed by atoms with Gasteiger partial charge in [-0.3, -0.25) is 14.5 Å². The van der Waals surface area contributed by atoms with Crippen molar-refractivity contribution in [3.8, 4) is 5.69 Å². The van der Waals surface area contributed by atoms with Crippen LogP contribution in [0.4, 0.5) is 5.69 Å². The Bertz CT molecular complexity index is 1060. The van der Waals surface area contributed by atoms with Gasteiger partial charge in [-0.05, 0) is 35.7 Å². The lowest BCUT2D eigenvalue weighted by atomic mass is 9.99. The number of nitrogens with zero attached hydrogens (tertiary/aromatic N) is 3. The van der Waals surface area contributed by atoms with Crippen LogP contribution in [0.1, 0.15) is 41.3 Å². The van der Waals surface area contributed by atoms with E-state index in [1.165, 1.54) is 0 Å². The number of ketones is 1. The third kappa shape index (κ3) is 3.71. The van der Waals surface area contributed by atoms with Crippen molar-refractivity contribution in [1.82, 2.24) is 9.78 Å². The average Bonchev–Trinajstić information content (AvgIpc) is 3.27. The molecular formula is C23H25N4O2+. The number of hydrogen-bond donors (Lipinski definition) is 1. The molecule has 0 spiro atoms. The highest BCUT2D eigenvalue weighted by Gasteiger charge is 2.37. The number of amides is 1. The maximum Gasteiger partial charge on any atom is 0.303 e. The molecule has 3 aromatic rings. The lowest BCUT2D eigenvalue weighted by Gasteiger charge is -2.21. The minimum absolute atomic E-state index is 0.312. The Labute approximate surface area is 170 Å². The summed E-state index contributed by atoms with van der Waals surface area (Å²) in [5.74, 6) is -0.542. The van der Waals surface area contributed by atoms with E-state index in [1.807, 2.05) is 72.7 Å². The molecule has 29 heavy (non-hydrogen) atoms. The molecule has 6 heteroatoms. The zero-order chi connectivity index (χ0) is 20.5. The first kappa shape index (κ1) is 19.1. The molecular weight excluding hydrogens is 364 g/mol. The zero-order valence-electron chi connectivity index (χ0n) is 16.9. The number of hydrogen-bond acceptors (Lipinski definition) is 3. The molecule has 1 aliphatic rings. The topological polar surface area (TPSA) is 59.6 Å². The Hall–Kier alpha value is -3.25. The van der Waals surface area contributed by atoms with Gasteiger partial charge in [0.2, 0.25) is 0 Å². The number of nitrogens with one attached hydrogen (secondary N) is 1. The van der Waals surface area contributed by atoms with Crippen molar-refractivity contribution >= 4 is 17.4 Å². The average molecular weight is 389 g/mol. The quantitative estimate of drug-likeness (QED) is 0.658. The first-order chi connectivity index (χ1) is 13.9. The van der Waals surface area contributed by atoms with Crippen molar-refractivity contribution in [2.24, 2.45) is 0 Å². The molecule has 1 N–H and O–H groups in total. The van der Waals surface area contributed by atoms with Crippen molar-refractivity contribution in [1.29, 1.82) is 0 Å². The molecule has 2 aromatic carbocycles. The predicted octanol–water partition coefficient (Wildman–Crippen LogP) is 2.20. The number of fused-ring (bicyclic) bond motifs is 1. The van der Waals surface area contributed by atoms with Crippen LogP contribution in [0.25, 0.3) is 5.69 Å². The summed E-state index contributed by atoms with van der Waals surface area (Å²) in [6.45, 7) is 5.28. The molecule has 1 amide bonds. The highest BCUT2D eigenvalue weighted by Crippen LogP contribution is 2.31. The summed E-state index contributed by atoms with van der Waals surface area (Å²) in [6, 6.07) is 15.7. The zero-order valence-corrected chi connectivity index (χ0v) is 16.9. The molecule has 0 saturated heterocycles. The van der Waals surface area contributed by atoms with Gasteiger partial charge in [-0.2, -0.15) is 5.10 Å². The van der Waals surface area contributed by atoms with Gasteiger partial charge in [0.1, 0.15) is 6.54 Å². The van der Waals surface area contributed by atoms with Crippen molar-refractivity contribution in [2.45, 2.75) is 26.3 Å². The van der Waals surface area contributed by atoms with Crippen molar-refractivity contribution < 1.29 is 14.5 Å². The number of rotatable bonds is 6. The summed E-state index contributed by atoms with van der Waals surface area (Å²) in [5.41, 5.74) is 4.38. The van der Waals surface area contributed by atoms with Crippen molar-refractivity contribution in [2.75, 3.05) is 18.6 Å². The molecule has 4 rings (SSSR count). The lowest BCUT2D eigenvalue weighted by Crippen LogP contribution is -3.09. The number of Topliss-reactive ketones (excluding diaryl/α,β-unsaturated/α-hetero) is 1. The van der Waals surface area contributed by atoms with Crippen LogP contribution >= 0.6 is 0 Å². The van der Waals surface area contributed by atoms with E-state index in [0.29, 0.717) is 30.4 Å². The second kappa shape index (κ2) is 7.64. The second-order valence-corrected chi connectivity index (χ2v) is 7.91. The third-order valence-corrected chi connectivity index (χ3v) is 5.25. The summed E-state index contributed by atoms with van der Waals surface area (Å²) in [4.78, 5) is 27.7. The molecule has 0 radical (unpaired) electrons. The van der Waals surface area contributed by atoms with Crippen LogP contribution in [0.2, 0.25) is 0 Å². The summed E-state index contributed by atoms with van der Waals surface area (Å²) in [7, 11) is 2.01. The van der Waals surface area contributed by atoms with Crippen LogP contribution in [-0.4, -0.2) is 35.2 Å². The summed E-state index contributed by atoms with van der Waals surface area (Å²) in [5, 5.41) is 4.43. The van der Waals surface area contributed by atoms with Gasteiger partial charge >= 0.3 is 5.91 Å². The molecule has 1 aromatic heterocycles. The monoisotopic (exact) mass is 389 g/mol. The highest BCUT2D eigenvalue weighted by molar-refractivity contribution is 6.52. The van der Waals surface area contributed by atoms with Gasteiger partial charge in [0, 0.05) is 11.8 Å². The standard InChI is InChI=1S/C23H24N4O2/c1-16(2)18-9-10-21-20(11-18)22(28)23(29)26(21)15-25(3)13-17-12-24-27(14-17)19-7-5-4-6-8-19/h4-12,14,16H,13,15H2,1-3H3/p+1. The van der Waals surface area contributed by atoms with Crippen LogP contribution < -0.4 is 9.80 Å². The first-order valence-electron chi connectivity index (χ1n) is 9.84. The number of carbonyl (C=O) groups is 2. The summed E-state index contributed by atoms with van der Waals surface area (Å²) < 4.78 is 1.84. The summed E-state index contributed by atoms with van der Waals surface area (Å²) in [6.07, 6.45) is 3.84. The second-order valence-electron chi connectivity index (χ2n) is 7.91. The minimum Gasteiger partial charge on any atom is -0.316 e. The van der Waals surface area contributed by atoms with Gasteiger partial charge in [0.25, 0.3) is 5.78 Å². The Morgan fingerprint density at radius 2 is 1.83 bits per heavy atom. The van der Waals surface area contributed by atoms with E-state index in [9.17, 15) is 9.59 Å².